The summed E-state index contributed by atoms with van der Waals surface area (Å²) in [4.78, 5) is 11.9. The number of rotatable bonds is 4. The number of hydrogen-bond donors (Lipinski definition) is 1. The van der Waals surface area contributed by atoms with Gasteiger partial charge in [-0.3, -0.25) is 4.79 Å². The summed E-state index contributed by atoms with van der Waals surface area (Å²) in [5.74, 6) is 0.0744. The predicted molar refractivity (Wildman–Crippen MR) is 64.5 cm³/mol. The van der Waals surface area contributed by atoms with Crippen molar-refractivity contribution in [2.45, 2.75) is 12.8 Å². The Labute approximate surface area is 96.6 Å². The number of carbonyl (C=O) groups is 1. The van der Waals surface area contributed by atoms with E-state index in [1.165, 1.54) is 0 Å². The highest BCUT2D eigenvalue weighted by Gasteiger charge is 2.05. The van der Waals surface area contributed by atoms with Crippen molar-refractivity contribution in [1.29, 1.82) is 0 Å². The fourth-order valence-electron chi connectivity index (χ4n) is 1.02. The van der Waals surface area contributed by atoms with Crippen molar-refractivity contribution in [3.63, 3.8) is 0 Å². The van der Waals surface area contributed by atoms with Crippen molar-refractivity contribution in [3.8, 4) is 0 Å². The molecule has 1 aromatic carbocycles. The van der Waals surface area contributed by atoms with Crippen LogP contribution in [0.25, 0.3) is 0 Å². The Kier molecular flexibility index (Phi) is 4.22. The van der Waals surface area contributed by atoms with Crippen molar-refractivity contribution in [2.24, 2.45) is 5.73 Å². The molecule has 0 amide bonds. The number of hydrogen-bond acceptors (Lipinski definition) is 2. The number of Topliss-reactive ketones (excluding diaryl/α,β-unsaturated/α-hetero) is 1. The molecule has 0 bridgehead atoms. The average Bonchev–Trinajstić information content (AvgIpc) is 2.15. The molecule has 14 heavy (non-hydrogen) atoms. The van der Waals surface area contributed by atoms with E-state index < -0.39 is 0 Å². The molecule has 0 aliphatic heterocycles. The number of carbonyl (C=O) groups excluding carboxylic acids is 1. The third kappa shape index (κ3) is 3.55. The van der Waals surface area contributed by atoms with Crippen LogP contribution in [0.5, 0.6) is 0 Å². The highest BCUT2D eigenvalue weighted by atomic mass is 79.9. The minimum atomic E-state index is 0.0744. The summed E-state index contributed by atoms with van der Waals surface area (Å²) in [7, 11) is 0. The van der Waals surface area contributed by atoms with Gasteiger partial charge in [0.05, 0.1) is 4.99 Å². The number of halogens is 1. The predicted octanol–water partition coefficient (Wildman–Crippen LogP) is 2.70. The molecule has 1 aromatic rings. The Morgan fingerprint density at radius 3 is 2.36 bits per heavy atom. The van der Waals surface area contributed by atoms with E-state index in [9.17, 15) is 4.79 Å². The highest BCUT2D eigenvalue weighted by Crippen LogP contribution is 2.12. The molecule has 0 aliphatic rings. The van der Waals surface area contributed by atoms with Crippen LogP contribution in [0.4, 0.5) is 0 Å². The number of nitrogens with two attached hydrogens (primary N) is 1. The van der Waals surface area contributed by atoms with Gasteiger partial charge in [0, 0.05) is 22.9 Å². The molecule has 0 aromatic heterocycles. The molecule has 0 fully saturated rings. The monoisotopic (exact) mass is 271 g/mol. The topological polar surface area (TPSA) is 43.1 Å². The molecule has 2 nitrogen and oxygen atoms in total. The molecule has 0 saturated carbocycles. The van der Waals surface area contributed by atoms with Crippen LogP contribution in [0.2, 0.25) is 0 Å². The van der Waals surface area contributed by atoms with E-state index in [4.69, 9.17) is 18.0 Å². The molecule has 0 atom stereocenters. The number of thiocarbonyl (C=S) groups is 1. The third-order valence-corrected chi connectivity index (χ3v) is 2.50. The first-order chi connectivity index (χ1) is 6.59. The molecule has 2 N–H and O–H groups in total. The molecule has 4 heteroatoms. The fraction of sp³-hybridized carbons (Fsp3) is 0.200. The van der Waals surface area contributed by atoms with Crippen molar-refractivity contribution in [3.05, 3.63) is 34.3 Å². The lowest BCUT2D eigenvalue weighted by molar-refractivity contribution is 0.0985. The lowest BCUT2D eigenvalue weighted by Crippen LogP contribution is -2.10. The van der Waals surface area contributed by atoms with E-state index in [0.29, 0.717) is 23.4 Å². The Bertz CT molecular complexity index is 348. The maximum Gasteiger partial charge on any atom is 0.163 e. The van der Waals surface area contributed by atoms with Gasteiger partial charge in [-0.05, 0) is 12.1 Å². The van der Waals surface area contributed by atoms with Gasteiger partial charge in [-0.2, -0.15) is 0 Å². The average molecular weight is 272 g/mol. The Morgan fingerprint density at radius 2 is 1.86 bits per heavy atom. The standard InChI is InChI=1S/C10H10BrNOS/c11-8-3-1-7(2-4-8)9(13)5-6-10(12)14/h1-4H,5-6H2,(H2,12,14). The summed E-state index contributed by atoms with van der Waals surface area (Å²) in [5, 5.41) is 0. The van der Waals surface area contributed by atoms with Gasteiger partial charge in [-0.15, -0.1) is 0 Å². The zero-order chi connectivity index (χ0) is 10.6. The second kappa shape index (κ2) is 5.22. The maximum atomic E-state index is 11.5. The normalized spacial score (nSPS) is 9.79. The van der Waals surface area contributed by atoms with Crippen molar-refractivity contribution >= 4 is 38.9 Å². The summed E-state index contributed by atoms with van der Waals surface area (Å²) in [6.45, 7) is 0. The van der Waals surface area contributed by atoms with E-state index in [0.717, 1.165) is 4.47 Å². The van der Waals surface area contributed by atoms with Crippen molar-refractivity contribution < 1.29 is 4.79 Å². The summed E-state index contributed by atoms with van der Waals surface area (Å²) in [6, 6.07) is 7.25. The van der Waals surface area contributed by atoms with Crippen LogP contribution in [0, 0.1) is 0 Å². The Balaban J connectivity index is 2.61. The Morgan fingerprint density at radius 1 is 1.29 bits per heavy atom. The van der Waals surface area contributed by atoms with Crippen LogP contribution in [0.3, 0.4) is 0 Å². The van der Waals surface area contributed by atoms with Crippen LogP contribution >= 0.6 is 28.1 Å². The Hall–Kier alpha value is -0.740. The second-order valence-corrected chi connectivity index (χ2v) is 4.34. The van der Waals surface area contributed by atoms with Crippen LogP contribution < -0.4 is 5.73 Å². The number of ketones is 1. The van der Waals surface area contributed by atoms with Gasteiger partial charge in [-0.25, -0.2) is 0 Å². The first kappa shape index (κ1) is 11.3. The molecule has 0 saturated heterocycles. The van der Waals surface area contributed by atoms with Gasteiger partial charge >= 0.3 is 0 Å². The zero-order valence-electron chi connectivity index (χ0n) is 7.50. The molecule has 0 aliphatic carbocycles. The largest absolute Gasteiger partial charge is 0.393 e. The second-order valence-electron chi connectivity index (χ2n) is 2.90. The smallest absolute Gasteiger partial charge is 0.163 e. The first-order valence-corrected chi connectivity index (χ1v) is 5.37. The maximum absolute atomic E-state index is 11.5. The quantitative estimate of drug-likeness (QED) is 0.677. The lowest BCUT2D eigenvalue weighted by Gasteiger charge is -2.00. The van der Waals surface area contributed by atoms with E-state index in [2.05, 4.69) is 15.9 Å². The first-order valence-electron chi connectivity index (χ1n) is 4.16. The molecule has 0 heterocycles. The van der Waals surface area contributed by atoms with Gasteiger partial charge < -0.3 is 5.73 Å². The molecule has 74 valence electrons. The van der Waals surface area contributed by atoms with Crippen LogP contribution in [-0.4, -0.2) is 10.8 Å². The minimum absolute atomic E-state index is 0.0744. The third-order valence-electron chi connectivity index (χ3n) is 1.76. The van der Waals surface area contributed by atoms with Gasteiger partial charge in [-0.1, -0.05) is 40.3 Å². The van der Waals surface area contributed by atoms with Gasteiger partial charge in [0.15, 0.2) is 5.78 Å². The molecule has 0 radical (unpaired) electrons. The SMILES string of the molecule is NC(=S)CCC(=O)c1ccc(Br)cc1. The van der Waals surface area contributed by atoms with E-state index in [1.807, 2.05) is 12.1 Å². The molecular weight excluding hydrogens is 262 g/mol. The highest BCUT2D eigenvalue weighted by molar-refractivity contribution is 9.10. The van der Waals surface area contributed by atoms with Crippen LogP contribution in [0.1, 0.15) is 23.2 Å². The van der Waals surface area contributed by atoms with Crippen LogP contribution in [-0.2, 0) is 0 Å². The number of benzene rings is 1. The molecular formula is C10H10BrNOS. The van der Waals surface area contributed by atoms with E-state index in [-0.39, 0.29) is 5.78 Å². The van der Waals surface area contributed by atoms with Gasteiger partial charge in [0.1, 0.15) is 0 Å². The summed E-state index contributed by atoms with van der Waals surface area (Å²) in [6.07, 6.45) is 0.862. The van der Waals surface area contributed by atoms with Crippen LogP contribution in [0.15, 0.2) is 28.7 Å². The molecule has 0 spiro atoms. The summed E-state index contributed by atoms with van der Waals surface area (Å²) in [5.41, 5.74) is 6.01. The molecule has 0 unspecified atom stereocenters. The van der Waals surface area contributed by atoms with Crippen molar-refractivity contribution in [2.75, 3.05) is 0 Å². The zero-order valence-corrected chi connectivity index (χ0v) is 9.90. The van der Waals surface area contributed by atoms with Gasteiger partial charge in [0.25, 0.3) is 0 Å². The lowest BCUT2D eigenvalue weighted by atomic mass is 10.1. The summed E-state index contributed by atoms with van der Waals surface area (Å²) >= 11 is 8.01. The minimum Gasteiger partial charge on any atom is -0.393 e. The van der Waals surface area contributed by atoms with E-state index in [1.54, 1.807) is 12.1 Å². The summed E-state index contributed by atoms with van der Waals surface area (Å²) < 4.78 is 0.961. The molecule has 1 rings (SSSR count). The van der Waals surface area contributed by atoms with E-state index >= 15 is 0 Å². The van der Waals surface area contributed by atoms with Crippen molar-refractivity contribution in [1.82, 2.24) is 0 Å². The van der Waals surface area contributed by atoms with Gasteiger partial charge in [0.2, 0.25) is 0 Å². The fourth-order valence-corrected chi connectivity index (χ4v) is 1.38.